The zero-order valence-electron chi connectivity index (χ0n) is 15.3. The van der Waals surface area contributed by atoms with Crippen LogP contribution in [0.3, 0.4) is 0 Å². The van der Waals surface area contributed by atoms with Crippen molar-refractivity contribution >= 4 is 28.2 Å². The molecule has 3 heteroatoms. The Balaban J connectivity index is 1.70. The number of para-hydroxylation sites is 1. The average Bonchev–Trinajstić information content (AvgIpc) is 3.24. The van der Waals surface area contributed by atoms with E-state index in [1.54, 1.807) is 0 Å². The van der Waals surface area contributed by atoms with Crippen molar-refractivity contribution in [3.8, 4) is 0 Å². The van der Waals surface area contributed by atoms with Crippen molar-refractivity contribution in [1.29, 1.82) is 0 Å². The van der Waals surface area contributed by atoms with E-state index in [-0.39, 0.29) is 6.04 Å². The topological polar surface area (TPSA) is 24.4 Å². The van der Waals surface area contributed by atoms with Gasteiger partial charge in [-0.2, -0.15) is 0 Å². The minimum absolute atomic E-state index is 0.231. The maximum Gasteiger partial charge on any atom is 0.0963 e. The highest BCUT2D eigenvalue weighted by molar-refractivity contribution is 8.14. The molecule has 0 radical (unpaired) electrons. The second-order valence-electron chi connectivity index (χ2n) is 6.53. The van der Waals surface area contributed by atoms with Crippen LogP contribution in [0.4, 0.5) is 5.69 Å². The molecule has 1 unspecified atom stereocenters. The molecule has 3 aromatic rings. The van der Waals surface area contributed by atoms with Gasteiger partial charge in [-0.05, 0) is 30.2 Å². The van der Waals surface area contributed by atoms with Crippen LogP contribution in [0.5, 0.6) is 0 Å². The van der Waals surface area contributed by atoms with Crippen molar-refractivity contribution < 1.29 is 0 Å². The van der Waals surface area contributed by atoms with Gasteiger partial charge in [0.15, 0.2) is 0 Å². The molecule has 0 saturated carbocycles. The van der Waals surface area contributed by atoms with Crippen LogP contribution in [0.15, 0.2) is 102 Å². The monoisotopic (exact) mass is 370 g/mol. The number of nitrogens with one attached hydrogen (secondary N) is 1. The molecule has 134 valence electrons. The molecule has 0 saturated heterocycles. The van der Waals surface area contributed by atoms with Gasteiger partial charge in [-0.3, -0.25) is 4.99 Å². The smallest absolute Gasteiger partial charge is 0.0963 e. The van der Waals surface area contributed by atoms with Gasteiger partial charge in [0.1, 0.15) is 0 Å². The minimum atomic E-state index is 0.231. The molecule has 0 aliphatic carbocycles. The third kappa shape index (κ3) is 4.15. The Kier molecular flexibility index (Phi) is 5.40. The summed E-state index contributed by atoms with van der Waals surface area (Å²) in [5.74, 6) is 0.990. The SMILES string of the molecule is CC(C1=NC(c2ccccc2)CS1)=C(Nc1ccccc1)c1ccccc1. The van der Waals surface area contributed by atoms with E-state index in [1.165, 1.54) is 16.7 Å². The van der Waals surface area contributed by atoms with Gasteiger partial charge in [0.2, 0.25) is 0 Å². The molecule has 27 heavy (non-hydrogen) atoms. The fourth-order valence-corrected chi connectivity index (χ4v) is 4.29. The highest BCUT2D eigenvalue weighted by atomic mass is 32.2. The minimum Gasteiger partial charge on any atom is -0.355 e. The van der Waals surface area contributed by atoms with Crippen molar-refractivity contribution in [2.24, 2.45) is 4.99 Å². The molecular formula is C24H22N2S. The maximum absolute atomic E-state index is 5.03. The first-order valence-corrected chi connectivity index (χ1v) is 10.1. The van der Waals surface area contributed by atoms with E-state index in [2.05, 4.69) is 79.0 Å². The highest BCUT2D eigenvalue weighted by Crippen LogP contribution is 2.35. The average molecular weight is 371 g/mol. The van der Waals surface area contributed by atoms with Crippen LogP contribution < -0.4 is 5.32 Å². The zero-order valence-corrected chi connectivity index (χ0v) is 16.1. The molecule has 1 aliphatic rings. The molecule has 1 atom stereocenters. The van der Waals surface area contributed by atoms with Gasteiger partial charge in [-0.15, -0.1) is 11.8 Å². The lowest BCUT2D eigenvalue weighted by Crippen LogP contribution is -2.05. The molecule has 1 N–H and O–H groups in total. The van der Waals surface area contributed by atoms with E-state index in [0.29, 0.717) is 0 Å². The molecular weight excluding hydrogens is 348 g/mol. The molecule has 0 aromatic heterocycles. The molecule has 2 nitrogen and oxygen atoms in total. The van der Waals surface area contributed by atoms with Crippen molar-refractivity contribution in [2.75, 3.05) is 11.1 Å². The predicted octanol–water partition coefficient (Wildman–Crippen LogP) is 6.42. The summed E-state index contributed by atoms with van der Waals surface area (Å²) in [6.07, 6.45) is 0. The molecule has 1 heterocycles. The summed E-state index contributed by atoms with van der Waals surface area (Å²) in [6.45, 7) is 2.16. The summed E-state index contributed by atoms with van der Waals surface area (Å²) in [7, 11) is 0. The summed E-state index contributed by atoms with van der Waals surface area (Å²) >= 11 is 1.84. The van der Waals surface area contributed by atoms with E-state index < -0.39 is 0 Å². The third-order valence-electron chi connectivity index (χ3n) is 4.64. The number of benzene rings is 3. The first-order valence-electron chi connectivity index (χ1n) is 9.15. The first kappa shape index (κ1) is 17.6. The Bertz CT molecular complexity index is 947. The summed E-state index contributed by atoms with van der Waals surface area (Å²) in [4.78, 5) is 5.03. The van der Waals surface area contributed by atoms with Crippen LogP contribution in [0, 0.1) is 0 Å². The van der Waals surface area contributed by atoms with Crippen molar-refractivity contribution in [2.45, 2.75) is 13.0 Å². The zero-order chi connectivity index (χ0) is 18.5. The number of anilines is 1. The van der Waals surface area contributed by atoms with Crippen LogP contribution >= 0.6 is 11.8 Å². The number of aliphatic imine (C=N–C) groups is 1. The fraction of sp³-hybridized carbons (Fsp3) is 0.125. The lowest BCUT2D eigenvalue weighted by molar-refractivity contribution is 0.849. The first-order chi connectivity index (χ1) is 13.3. The Morgan fingerprint density at radius 3 is 2.11 bits per heavy atom. The maximum atomic E-state index is 5.03. The van der Waals surface area contributed by atoms with Gasteiger partial charge in [0, 0.05) is 17.0 Å². The third-order valence-corrected chi connectivity index (χ3v) is 5.80. The predicted molar refractivity (Wildman–Crippen MR) is 118 cm³/mol. The Labute approximate surface area is 165 Å². The van der Waals surface area contributed by atoms with E-state index in [1.807, 2.05) is 36.0 Å². The van der Waals surface area contributed by atoms with Crippen molar-refractivity contribution in [3.63, 3.8) is 0 Å². The fourth-order valence-electron chi connectivity index (χ4n) is 3.18. The molecule has 1 aliphatic heterocycles. The molecule has 0 amide bonds. The highest BCUT2D eigenvalue weighted by Gasteiger charge is 2.22. The van der Waals surface area contributed by atoms with E-state index in [4.69, 9.17) is 4.99 Å². The summed E-state index contributed by atoms with van der Waals surface area (Å²) in [6, 6.07) is 31.6. The Hall–Kier alpha value is -2.78. The summed E-state index contributed by atoms with van der Waals surface area (Å²) in [5, 5.41) is 4.73. The second-order valence-corrected chi connectivity index (χ2v) is 7.54. The number of rotatable bonds is 5. The van der Waals surface area contributed by atoms with Crippen LogP contribution in [0.25, 0.3) is 5.70 Å². The number of hydrogen-bond donors (Lipinski definition) is 1. The Morgan fingerprint density at radius 1 is 0.852 bits per heavy atom. The van der Waals surface area contributed by atoms with Crippen molar-refractivity contribution in [1.82, 2.24) is 0 Å². The normalized spacial score (nSPS) is 17.2. The summed E-state index contributed by atoms with van der Waals surface area (Å²) in [5.41, 5.74) is 5.84. The van der Waals surface area contributed by atoms with E-state index in [9.17, 15) is 0 Å². The van der Waals surface area contributed by atoms with Gasteiger partial charge < -0.3 is 5.32 Å². The van der Waals surface area contributed by atoms with Gasteiger partial charge >= 0.3 is 0 Å². The van der Waals surface area contributed by atoms with E-state index in [0.717, 1.165) is 22.2 Å². The molecule has 4 rings (SSSR count). The van der Waals surface area contributed by atoms with Gasteiger partial charge in [0.05, 0.1) is 16.8 Å². The quantitative estimate of drug-likeness (QED) is 0.561. The van der Waals surface area contributed by atoms with Crippen LogP contribution in [-0.2, 0) is 0 Å². The number of thioether (sulfide) groups is 1. The molecule has 3 aromatic carbocycles. The molecule has 0 bridgehead atoms. The number of nitrogens with zero attached hydrogens (tertiary/aromatic N) is 1. The van der Waals surface area contributed by atoms with Crippen LogP contribution in [0.1, 0.15) is 24.1 Å². The van der Waals surface area contributed by atoms with Crippen LogP contribution in [0.2, 0.25) is 0 Å². The lowest BCUT2D eigenvalue weighted by atomic mass is 10.1. The number of hydrogen-bond acceptors (Lipinski definition) is 3. The van der Waals surface area contributed by atoms with Gasteiger partial charge in [-0.25, -0.2) is 0 Å². The standard InChI is InChI=1S/C24H22N2S/c1-18(24-26-22(17-27-24)19-11-5-2-6-12-19)23(20-13-7-3-8-14-20)25-21-15-9-4-10-16-21/h2-16,22,25H,17H2,1H3. The molecule has 0 fully saturated rings. The van der Waals surface area contributed by atoms with Crippen LogP contribution in [-0.4, -0.2) is 10.8 Å². The largest absolute Gasteiger partial charge is 0.355 e. The van der Waals surface area contributed by atoms with E-state index >= 15 is 0 Å². The van der Waals surface area contributed by atoms with Gasteiger partial charge in [-0.1, -0.05) is 78.9 Å². The molecule has 0 spiro atoms. The summed E-state index contributed by atoms with van der Waals surface area (Å²) < 4.78 is 0. The Morgan fingerprint density at radius 2 is 1.44 bits per heavy atom. The second kappa shape index (κ2) is 8.28. The lowest BCUT2D eigenvalue weighted by Gasteiger charge is -2.15. The van der Waals surface area contributed by atoms with Gasteiger partial charge in [0.25, 0.3) is 0 Å². The van der Waals surface area contributed by atoms with Crippen molar-refractivity contribution in [3.05, 3.63) is 108 Å².